The second kappa shape index (κ2) is 9.79. The number of hydrogen-bond acceptors (Lipinski definition) is 5. The summed E-state index contributed by atoms with van der Waals surface area (Å²) in [6.07, 6.45) is -0.102. The van der Waals surface area contributed by atoms with E-state index in [1.807, 2.05) is 37.3 Å². The van der Waals surface area contributed by atoms with Gasteiger partial charge in [-0.25, -0.2) is 9.59 Å². The molecule has 1 unspecified atom stereocenters. The van der Waals surface area contributed by atoms with Gasteiger partial charge in [0.2, 0.25) is 0 Å². The van der Waals surface area contributed by atoms with Gasteiger partial charge < -0.3 is 19.9 Å². The van der Waals surface area contributed by atoms with E-state index >= 15 is 0 Å². The standard InChI is InChI=1S/C19H27NO6/c1-5-13(2)15(16(21)26-12-19(3,4)17(22)23)20-18(24)25-11-14-9-7-6-8-10-14/h6-10,13,15H,5,11-12H2,1-4H3,(H,20,24)(H,22,23)/t13?,15-/m0/s1. The molecule has 26 heavy (non-hydrogen) atoms. The maximum Gasteiger partial charge on any atom is 0.408 e. The molecule has 1 rings (SSSR count). The Bertz CT molecular complexity index is 614. The summed E-state index contributed by atoms with van der Waals surface area (Å²) < 4.78 is 10.3. The molecule has 0 heterocycles. The van der Waals surface area contributed by atoms with E-state index in [9.17, 15) is 14.4 Å². The molecule has 7 heteroatoms. The number of ether oxygens (including phenoxy) is 2. The summed E-state index contributed by atoms with van der Waals surface area (Å²) in [5.74, 6) is -1.94. The minimum absolute atomic E-state index is 0.0843. The van der Waals surface area contributed by atoms with Gasteiger partial charge in [-0.2, -0.15) is 0 Å². The number of rotatable bonds is 9. The van der Waals surface area contributed by atoms with Crippen LogP contribution in [-0.4, -0.2) is 35.8 Å². The number of benzene rings is 1. The highest BCUT2D eigenvalue weighted by atomic mass is 16.6. The zero-order chi connectivity index (χ0) is 19.7. The topological polar surface area (TPSA) is 102 Å². The number of amides is 1. The molecule has 0 aromatic heterocycles. The molecule has 1 aromatic carbocycles. The molecule has 0 aliphatic carbocycles. The van der Waals surface area contributed by atoms with Gasteiger partial charge in [0.15, 0.2) is 0 Å². The van der Waals surface area contributed by atoms with Crippen molar-refractivity contribution in [1.29, 1.82) is 0 Å². The van der Waals surface area contributed by atoms with Crippen LogP contribution in [0.1, 0.15) is 39.7 Å². The lowest BCUT2D eigenvalue weighted by Gasteiger charge is -2.25. The van der Waals surface area contributed by atoms with E-state index in [1.165, 1.54) is 13.8 Å². The fourth-order valence-electron chi connectivity index (χ4n) is 1.96. The van der Waals surface area contributed by atoms with Gasteiger partial charge in [0.05, 0.1) is 5.41 Å². The van der Waals surface area contributed by atoms with Crippen LogP contribution < -0.4 is 5.32 Å². The average Bonchev–Trinajstić information content (AvgIpc) is 2.62. The number of carbonyl (C=O) groups excluding carboxylic acids is 2. The number of esters is 1. The van der Waals surface area contributed by atoms with Gasteiger partial charge in [-0.3, -0.25) is 4.79 Å². The highest BCUT2D eigenvalue weighted by molar-refractivity contribution is 5.82. The number of carboxylic acids is 1. The summed E-state index contributed by atoms with van der Waals surface area (Å²) in [7, 11) is 0. The summed E-state index contributed by atoms with van der Waals surface area (Å²) in [5, 5.41) is 11.6. The van der Waals surface area contributed by atoms with Crippen LogP contribution in [0, 0.1) is 11.3 Å². The molecule has 7 nitrogen and oxygen atoms in total. The lowest BCUT2D eigenvalue weighted by molar-refractivity contribution is -0.158. The summed E-state index contributed by atoms with van der Waals surface area (Å²) in [4.78, 5) is 35.5. The molecule has 0 saturated carbocycles. The highest BCUT2D eigenvalue weighted by Gasteiger charge is 2.33. The number of hydrogen-bond donors (Lipinski definition) is 2. The van der Waals surface area contributed by atoms with Gasteiger partial charge in [-0.1, -0.05) is 50.6 Å². The quantitative estimate of drug-likeness (QED) is 0.652. The maximum absolute atomic E-state index is 12.3. The van der Waals surface area contributed by atoms with Crippen molar-refractivity contribution in [3.8, 4) is 0 Å². The summed E-state index contributed by atoms with van der Waals surface area (Å²) >= 11 is 0. The fourth-order valence-corrected chi connectivity index (χ4v) is 1.96. The summed E-state index contributed by atoms with van der Waals surface area (Å²) in [6.45, 7) is 6.40. The first kappa shape index (κ1) is 21.5. The number of aliphatic carboxylic acids is 1. The summed E-state index contributed by atoms with van der Waals surface area (Å²) in [5.41, 5.74) is -0.378. The van der Waals surface area contributed by atoms with Crippen LogP contribution in [0.5, 0.6) is 0 Å². The van der Waals surface area contributed by atoms with Crippen molar-refractivity contribution in [1.82, 2.24) is 5.32 Å². The van der Waals surface area contributed by atoms with Crippen molar-refractivity contribution in [3.63, 3.8) is 0 Å². The molecule has 144 valence electrons. The van der Waals surface area contributed by atoms with E-state index in [4.69, 9.17) is 14.6 Å². The Kier molecular flexibility index (Phi) is 8.09. The van der Waals surface area contributed by atoms with Crippen molar-refractivity contribution in [2.75, 3.05) is 6.61 Å². The van der Waals surface area contributed by atoms with Crippen molar-refractivity contribution < 1.29 is 29.0 Å². The molecule has 1 aromatic rings. The number of carboxylic acid groups (broad SMARTS) is 1. The third-order valence-corrected chi connectivity index (χ3v) is 4.11. The first-order chi connectivity index (χ1) is 12.2. The Labute approximate surface area is 153 Å². The Morgan fingerprint density at radius 1 is 1.15 bits per heavy atom. The first-order valence-electron chi connectivity index (χ1n) is 8.54. The largest absolute Gasteiger partial charge is 0.481 e. The van der Waals surface area contributed by atoms with Crippen LogP contribution in [0.25, 0.3) is 0 Å². The monoisotopic (exact) mass is 365 g/mol. The van der Waals surface area contributed by atoms with Crippen molar-refractivity contribution in [2.45, 2.75) is 46.8 Å². The second-order valence-electron chi connectivity index (χ2n) is 6.87. The molecular weight excluding hydrogens is 338 g/mol. The third-order valence-electron chi connectivity index (χ3n) is 4.11. The Balaban J connectivity index is 2.63. The van der Waals surface area contributed by atoms with Crippen LogP contribution in [0.15, 0.2) is 30.3 Å². The van der Waals surface area contributed by atoms with E-state index in [-0.39, 0.29) is 19.1 Å². The molecule has 2 N–H and O–H groups in total. The van der Waals surface area contributed by atoms with Crippen LogP contribution in [-0.2, 0) is 25.7 Å². The molecule has 0 spiro atoms. The number of alkyl carbamates (subject to hydrolysis) is 1. The highest BCUT2D eigenvalue weighted by Crippen LogP contribution is 2.17. The molecule has 2 atom stereocenters. The minimum Gasteiger partial charge on any atom is -0.481 e. The second-order valence-corrected chi connectivity index (χ2v) is 6.87. The maximum atomic E-state index is 12.3. The van der Waals surface area contributed by atoms with Gasteiger partial charge in [0, 0.05) is 0 Å². The smallest absolute Gasteiger partial charge is 0.408 e. The normalized spacial score (nSPS) is 13.4. The van der Waals surface area contributed by atoms with Crippen LogP contribution in [0.4, 0.5) is 4.79 Å². The van der Waals surface area contributed by atoms with Gasteiger partial charge in [-0.15, -0.1) is 0 Å². The van der Waals surface area contributed by atoms with Crippen molar-refractivity contribution in [3.05, 3.63) is 35.9 Å². The van der Waals surface area contributed by atoms with Gasteiger partial charge in [0.25, 0.3) is 0 Å². The van der Waals surface area contributed by atoms with E-state index in [1.54, 1.807) is 6.92 Å². The van der Waals surface area contributed by atoms with Crippen LogP contribution in [0.2, 0.25) is 0 Å². The predicted octanol–water partition coefficient (Wildman–Crippen LogP) is 2.98. The zero-order valence-electron chi connectivity index (χ0n) is 15.7. The molecule has 0 aliphatic rings. The fraction of sp³-hybridized carbons (Fsp3) is 0.526. The zero-order valence-corrected chi connectivity index (χ0v) is 15.7. The van der Waals surface area contributed by atoms with E-state index in [0.717, 1.165) is 5.56 Å². The molecule has 0 fully saturated rings. The Morgan fingerprint density at radius 2 is 1.77 bits per heavy atom. The lowest BCUT2D eigenvalue weighted by atomic mass is 9.95. The van der Waals surface area contributed by atoms with E-state index in [2.05, 4.69) is 5.32 Å². The molecule has 0 saturated heterocycles. The lowest BCUT2D eigenvalue weighted by Crippen LogP contribution is -2.47. The molecular formula is C19H27NO6. The number of carbonyl (C=O) groups is 3. The van der Waals surface area contributed by atoms with E-state index < -0.39 is 29.5 Å². The molecule has 0 radical (unpaired) electrons. The molecule has 1 amide bonds. The van der Waals surface area contributed by atoms with Gasteiger partial charge in [0.1, 0.15) is 19.3 Å². The summed E-state index contributed by atoms with van der Waals surface area (Å²) in [6, 6.07) is 8.26. The minimum atomic E-state index is -1.20. The third kappa shape index (κ3) is 6.74. The van der Waals surface area contributed by atoms with Gasteiger partial charge in [-0.05, 0) is 25.3 Å². The van der Waals surface area contributed by atoms with Crippen LogP contribution in [0.3, 0.4) is 0 Å². The van der Waals surface area contributed by atoms with E-state index in [0.29, 0.717) is 6.42 Å². The van der Waals surface area contributed by atoms with Crippen molar-refractivity contribution in [2.24, 2.45) is 11.3 Å². The molecule has 0 bridgehead atoms. The van der Waals surface area contributed by atoms with Crippen LogP contribution >= 0.6 is 0 Å². The molecule has 0 aliphatic heterocycles. The SMILES string of the molecule is CCC(C)[C@H](NC(=O)OCc1ccccc1)C(=O)OCC(C)(C)C(=O)O. The predicted molar refractivity (Wildman–Crippen MR) is 95.4 cm³/mol. The van der Waals surface area contributed by atoms with Gasteiger partial charge >= 0.3 is 18.0 Å². The average molecular weight is 365 g/mol. The first-order valence-corrected chi connectivity index (χ1v) is 8.54. The Morgan fingerprint density at radius 3 is 2.31 bits per heavy atom. The van der Waals surface area contributed by atoms with Crippen molar-refractivity contribution >= 4 is 18.0 Å². The number of nitrogens with one attached hydrogen (secondary N) is 1. The Hall–Kier alpha value is -2.57.